The molecule has 0 saturated heterocycles. The number of rotatable bonds is 6. The summed E-state index contributed by atoms with van der Waals surface area (Å²) in [6.07, 6.45) is 3.72. The van der Waals surface area contributed by atoms with E-state index in [-0.39, 0.29) is 5.91 Å². The fourth-order valence-electron chi connectivity index (χ4n) is 2.76. The predicted molar refractivity (Wildman–Crippen MR) is 99.0 cm³/mol. The maximum absolute atomic E-state index is 12.0. The minimum atomic E-state index is 0.0702. The molecule has 2 aromatic carbocycles. The van der Waals surface area contributed by atoms with Gasteiger partial charge in [0.05, 0.1) is 11.0 Å². The highest BCUT2D eigenvalue weighted by Crippen LogP contribution is 2.23. The van der Waals surface area contributed by atoms with E-state index in [9.17, 15) is 4.79 Å². The van der Waals surface area contributed by atoms with Crippen LogP contribution in [-0.4, -0.2) is 15.9 Å². The lowest BCUT2D eigenvalue weighted by Crippen LogP contribution is -2.10. The van der Waals surface area contributed by atoms with Crippen LogP contribution in [0.5, 0.6) is 0 Å². The Morgan fingerprint density at radius 3 is 2.88 bits per heavy atom. The normalized spacial score (nSPS) is 10.9. The van der Waals surface area contributed by atoms with Crippen LogP contribution in [0.3, 0.4) is 0 Å². The van der Waals surface area contributed by atoms with Gasteiger partial charge in [0.25, 0.3) is 0 Å². The van der Waals surface area contributed by atoms with Gasteiger partial charge in [-0.2, -0.15) is 0 Å². The zero-order valence-electron chi connectivity index (χ0n) is 14.2. The van der Waals surface area contributed by atoms with E-state index in [0.717, 1.165) is 47.4 Å². The predicted octanol–water partition coefficient (Wildman–Crippen LogP) is 5.06. The molecule has 4 nitrogen and oxygen atoms in total. The lowest BCUT2D eigenvalue weighted by molar-refractivity contribution is -0.116. The van der Waals surface area contributed by atoms with Crippen LogP contribution < -0.4 is 5.32 Å². The van der Waals surface area contributed by atoms with Crippen LogP contribution in [0.2, 0.25) is 0 Å². The number of hydrogen-bond donors (Lipinski definition) is 2. The van der Waals surface area contributed by atoms with Crippen molar-refractivity contribution in [1.29, 1.82) is 0 Å². The lowest BCUT2D eigenvalue weighted by Gasteiger charge is -2.06. The van der Waals surface area contributed by atoms with Crippen LogP contribution in [0.1, 0.15) is 38.2 Å². The first-order valence-electron chi connectivity index (χ1n) is 8.52. The van der Waals surface area contributed by atoms with Gasteiger partial charge in [0.15, 0.2) is 0 Å². The molecule has 0 aliphatic carbocycles. The highest BCUT2D eigenvalue weighted by Gasteiger charge is 2.07. The second-order valence-corrected chi connectivity index (χ2v) is 6.19. The van der Waals surface area contributed by atoms with Crippen molar-refractivity contribution in [2.45, 2.75) is 39.5 Å². The quantitative estimate of drug-likeness (QED) is 0.624. The number of aromatic nitrogens is 2. The molecule has 3 aromatic rings. The number of anilines is 1. The molecule has 0 bridgehead atoms. The highest BCUT2D eigenvalue weighted by atomic mass is 16.1. The van der Waals surface area contributed by atoms with Gasteiger partial charge < -0.3 is 10.3 Å². The van der Waals surface area contributed by atoms with Crippen molar-refractivity contribution < 1.29 is 4.79 Å². The number of fused-ring (bicyclic) bond motifs is 1. The van der Waals surface area contributed by atoms with E-state index in [4.69, 9.17) is 0 Å². The second kappa shape index (κ2) is 7.30. The van der Waals surface area contributed by atoms with Gasteiger partial charge in [-0.3, -0.25) is 4.79 Å². The van der Waals surface area contributed by atoms with E-state index < -0.39 is 0 Å². The number of hydrogen-bond acceptors (Lipinski definition) is 2. The molecule has 0 radical (unpaired) electrons. The van der Waals surface area contributed by atoms with Gasteiger partial charge in [0, 0.05) is 17.7 Å². The van der Waals surface area contributed by atoms with Crippen molar-refractivity contribution >= 4 is 22.6 Å². The number of aromatic amines is 1. The molecule has 24 heavy (non-hydrogen) atoms. The molecule has 4 heteroatoms. The Morgan fingerprint density at radius 1 is 1.17 bits per heavy atom. The molecular formula is C20H23N3O. The van der Waals surface area contributed by atoms with E-state index >= 15 is 0 Å². The van der Waals surface area contributed by atoms with E-state index in [1.54, 1.807) is 0 Å². The summed E-state index contributed by atoms with van der Waals surface area (Å²) >= 11 is 0. The molecule has 1 heterocycles. The average Bonchev–Trinajstić information content (AvgIpc) is 2.98. The Hall–Kier alpha value is -2.62. The van der Waals surface area contributed by atoms with Crippen molar-refractivity contribution in [3.8, 4) is 11.4 Å². The summed E-state index contributed by atoms with van der Waals surface area (Å²) in [4.78, 5) is 20.0. The topological polar surface area (TPSA) is 57.8 Å². The Kier molecular flexibility index (Phi) is 4.94. The molecule has 1 amide bonds. The van der Waals surface area contributed by atoms with Gasteiger partial charge in [-0.05, 0) is 43.2 Å². The minimum absolute atomic E-state index is 0.0702. The first kappa shape index (κ1) is 16.2. The number of unbranched alkanes of at least 4 members (excludes halogenated alkanes) is 2. The van der Waals surface area contributed by atoms with Crippen LogP contribution in [0.25, 0.3) is 22.4 Å². The number of amides is 1. The number of benzene rings is 2. The summed E-state index contributed by atoms with van der Waals surface area (Å²) in [6, 6.07) is 14.0. The third-order valence-electron chi connectivity index (χ3n) is 4.06. The third kappa shape index (κ3) is 3.82. The number of aryl methyl sites for hydroxylation is 1. The van der Waals surface area contributed by atoms with Crippen molar-refractivity contribution in [2.24, 2.45) is 0 Å². The molecule has 0 atom stereocenters. The van der Waals surface area contributed by atoms with Crippen LogP contribution in [0, 0.1) is 6.92 Å². The van der Waals surface area contributed by atoms with Crippen LogP contribution in [-0.2, 0) is 4.79 Å². The summed E-state index contributed by atoms with van der Waals surface area (Å²) < 4.78 is 0. The number of carbonyl (C=O) groups excluding carboxylic acids is 1. The SMILES string of the molecule is CCCCCC(=O)Nc1cccc(-c2nc3ccc(C)cc3[nH]2)c1. The molecule has 3 rings (SSSR count). The lowest BCUT2D eigenvalue weighted by atomic mass is 10.1. The second-order valence-electron chi connectivity index (χ2n) is 6.19. The van der Waals surface area contributed by atoms with Crippen LogP contribution in [0.15, 0.2) is 42.5 Å². The number of H-pyrrole nitrogens is 1. The third-order valence-corrected chi connectivity index (χ3v) is 4.06. The van der Waals surface area contributed by atoms with E-state index in [1.165, 1.54) is 5.56 Å². The molecule has 0 saturated carbocycles. The van der Waals surface area contributed by atoms with Gasteiger partial charge in [-0.1, -0.05) is 38.0 Å². The fourth-order valence-corrected chi connectivity index (χ4v) is 2.76. The fraction of sp³-hybridized carbons (Fsp3) is 0.300. The van der Waals surface area contributed by atoms with Gasteiger partial charge in [0.2, 0.25) is 5.91 Å². The summed E-state index contributed by atoms with van der Waals surface area (Å²) in [5.41, 5.74) is 4.95. The molecule has 0 aliphatic rings. The summed E-state index contributed by atoms with van der Waals surface area (Å²) in [5.74, 6) is 0.888. The van der Waals surface area contributed by atoms with Gasteiger partial charge in [0.1, 0.15) is 5.82 Å². The zero-order valence-corrected chi connectivity index (χ0v) is 14.2. The molecule has 0 fully saturated rings. The molecule has 124 valence electrons. The van der Waals surface area contributed by atoms with Crippen molar-refractivity contribution in [2.75, 3.05) is 5.32 Å². The first-order valence-corrected chi connectivity index (χ1v) is 8.52. The number of imidazole rings is 1. The monoisotopic (exact) mass is 321 g/mol. The highest BCUT2D eigenvalue weighted by molar-refractivity contribution is 5.91. The number of carbonyl (C=O) groups is 1. The van der Waals surface area contributed by atoms with Gasteiger partial charge in [-0.15, -0.1) is 0 Å². The van der Waals surface area contributed by atoms with E-state index in [0.29, 0.717) is 6.42 Å². The van der Waals surface area contributed by atoms with Crippen molar-refractivity contribution in [1.82, 2.24) is 9.97 Å². The summed E-state index contributed by atoms with van der Waals surface area (Å²) in [7, 11) is 0. The largest absolute Gasteiger partial charge is 0.338 e. The molecule has 1 aromatic heterocycles. The van der Waals surface area contributed by atoms with Crippen molar-refractivity contribution in [3.05, 3.63) is 48.0 Å². The van der Waals surface area contributed by atoms with Crippen LogP contribution in [0.4, 0.5) is 5.69 Å². The Morgan fingerprint density at radius 2 is 2.04 bits per heavy atom. The molecule has 0 spiro atoms. The molecular weight excluding hydrogens is 298 g/mol. The summed E-state index contributed by atoms with van der Waals surface area (Å²) in [5, 5.41) is 2.97. The Balaban J connectivity index is 1.77. The van der Waals surface area contributed by atoms with Gasteiger partial charge in [-0.25, -0.2) is 4.98 Å². The molecule has 0 aliphatic heterocycles. The Labute approximate surface area is 142 Å². The smallest absolute Gasteiger partial charge is 0.224 e. The van der Waals surface area contributed by atoms with Crippen molar-refractivity contribution in [3.63, 3.8) is 0 Å². The average molecular weight is 321 g/mol. The number of nitrogens with one attached hydrogen (secondary N) is 2. The van der Waals surface area contributed by atoms with Crippen LogP contribution >= 0.6 is 0 Å². The standard InChI is InChI=1S/C20H23N3O/c1-3-4-5-9-19(24)21-16-8-6-7-15(13-16)20-22-17-11-10-14(2)12-18(17)23-20/h6-8,10-13H,3-5,9H2,1-2H3,(H,21,24)(H,22,23). The van der Waals surface area contributed by atoms with E-state index in [1.807, 2.05) is 30.3 Å². The summed E-state index contributed by atoms with van der Waals surface area (Å²) in [6.45, 7) is 4.20. The maximum Gasteiger partial charge on any atom is 0.224 e. The number of nitrogens with zero attached hydrogens (tertiary/aromatic N) is 1. The zero-order chi connectivity index (χ0) is 16.9. The Bertz CT molecular complexity index is 851. The molecule has 0 unspecified atom stereocenters. The van der Waals surface area contributed by atoms with Gasteiger partial charge >= 0.3 is 0 Å². The van der Waals surface area contributed by atoms with E-state index in [2.05, 4.69) is 41.3 Å². The molecule has 2 N–H and O–H groups in total. The maximum atomic E-state index is 12.0. The minimum Gasteiger partial charge on any atom is -0.338 e. The first-order chi connectivity index (χ1) is 11.7.